The van der Waals surface area contributed by atoms with Crippen LogP contribution in [0, 0.1) is 5.92 Å². The van der Waals surface area contributed by atoms with Crippen LogP contribution in [0.1, 0.15) is 35.4 Å². The number of hydrogen-bond donors (Lipinski definition) is 2. The summed E-state index contributed by atoms with van der Waals surface area (Å²) in [7, 11) is 1.55. The molecule has 6 rings (SSSR count). The van der Waals surface area contributed by atoms with Crippen LogP contribution in [0.2, 0.25) is 0 Å². The van der Waals surface area contributed by atoms with Crippen molar-refractivity contribution in [2.75, 3.05) is 26.7 Å². The van der Waals surface area contributed by atoms with Crippen molar-refractivity contribution in [1.82, 2.24) is 9.88 Å². The van der Waals surface area contributed by atoms with E-state index in [0.29, 0.717) is 23.6 Å². The van der Waals surface area contributed by atoms with Crippen LogP contribution in [0.4, 0.5) is 0 Å². The molecule has 3 heterocycles. The number of aliphatic hydroxyl groups is 2. The number of aromatic nitrogens is 1. The van der Waals surface area contributed by atoms with Crippen molar-refractivity contribution in [2.45, 2.75) is 36.1 Å². The topological polar surface area (TPSA) is 75.0 Å². The van der Waals surface area contributed by atoms with Crippen LogP contribution >= 0.6 is 15.9 Å². The summed E-state index contributed by atoms with van der Waals surface area (Å²) in [4.78, 5) is 6.69. The van der Waals surface area contributed by atoms with Gasteiger partial charge in [0.2, 0.25) is 0 Å². The first kappa shape index (κ1) is 23.0. The Bertz CT molecular complexity index is 1220. The first-order valence-electron chi connectivity index (χ1n) is 12.2. The Hall–Kier alpha value is -2.45. The smallest absolute Gasteiger partial charge is 0.177 e. The molecule has 1 saturated heterocycles. The molecular weight excluding hydrogens is 508 g/mol. The molecule has 35 heavy (non-hydrogen) atoms. The molecular formula is C28H29BrN2O4. The monoisotopic (exact) mass is 536 g/mol. The molecule has 0 spiro atoms. The van der Waals surface area contributed by atoms with Crippen LogP contribution in [0.5, 0.6) is 11.5 Å². The Balaban J connectivity index is 1.63. The van der Waals surface area contributed by atoms with Gasteiger partial charge in [0, 0.05) is 22.9 Å². The summed E-state index contributed by atoms with van der Waals surface area (Å²) < 4.78 is 13.4. The zero-order chi connectivity index (χ0) is 24.2. The minimum Gasteiger partial charge on any atom is -0.495 e. The number of likely N-dealkylation sites (tertiary alicyclic amines) is 1. The van der Waals surface area contributed by atoms with Crippen molar-refractivity contribution < 1.29 is 19.7 Å². The summed E-state index contributed by atoms with van der Waals surface area (Å²) in [5, 5.41) is 24.9. The summed E-state index contributed by atoms with van der Waals surface area (Å²) in [6.45, 7) is 2.67. The highest BCUT2D eigenvalue weighted by Gasteiger charge is 2.76. The molecule has 2 fully saturated rings. The van der Waals surface area contributed by atoms with Gasteiger partial charge in [-0.2, -0.15) is 0 Å². The van der Waals surface area contributed by atoms with Gasteiger partial charge in [-0.15, -0.1) is 0 Å². The average molecular weight is 537 g/mol. The van der Waals surface area contributed by atoms with E-state index >= 15 is 0 Å². The highest BCUT2D eigenvalue weighted by Crippen LogP contribution is 2.69. The molecule has 0 amide bonds. The van der Waals surface area contributed by atoms with Gasteiger partial charge in [-0.25, -0.2) is 0 Å². The van der Waals surface area contributed by atoms with Crippen LogP contribution in [0.25, 0.3) is 0 Å². The molecule has 1 aliphatic carbocycles. The second-order valence-corrected chi connectivity index (χ2v) is 10.7. The quantitative estimate of drug-likeness (QED) is 0.509. The van der Waals surface area contributed by atoms with Crippen molar-refractivity contribution in [3.63, 3.8) is 0 Å². The zero-order valence-electron chi connectivity index (χ0n) is 19.6. The maximum absolute atomic E-state index is 12.8. The van der Waals surface area contributed by atoms with E-state index in [-0.39, 0.29) is 11.8 Å². The molecule has 3 aliphatic rings. The number of benzene rings is 2. The van der Waals surface area contributed by atoms with Gasteiger partial charge in [-0.3, -0.25) is 4.98 Å². The van der Waals surface area contributed by atoms with E-state index in [2.05, 4.69) is 37.9 Å². The average Bonchev–Trinajstić information content (AvgIpc) is 3.53. The number of methoxy groups -OCH3 is 1. The lowest BCUT2D eigenvalue weighted by atomic mass is 9.70. The molecule has 5 atom stereocenters. The molecule has 2 aliphatic heterocycles. The molecule has 182 valence electrons. The fourth-order valence-electron chi connectivity index (χ4n) is 6.70. The van der Waals surface area contributed by atoms with Gasteiger partial charge in [0.15, 0.2) is 11.2 Å². The summed E-state index contributed by atoms with van der Waals surface area (Å²) in [6.07, 6.45) is 4.41. The number of ether oxygens (including phenoxy) is 2. The van der Waals surface area contributed by atoms with E-state index in [1.807, 2.05) is 42.5 Å². The fraction of sp³-hybridized carbons (Fsp3) is 0.393. The van der Waals surface area contributed by atoms with Gasteiger partial charge in [-0.1, -0.05) is 58.4 Å². The number of aliphatic hydroxyl groups excluding tert-OH is 1. The van der Waals surface area contributed by atoms with E-state index in [0.717, 1.165) is 41.5 Å². The molecule has 0 radical (unpaired) electrons. The van der Waals surface area contributed by atoms with Crippen LogP contribution in [0.3, 0.4) is 0 Å². The zero-order valence-corrected chi connectivity index (χ0v) is 21.2. The summed E-state index contributed by atoms with van der Waals surface area (Å²) in [5.41, 5.74) is -0.713. The normalized spacial score (nSPS) is 31.7. The van der Waals surface area contributed by atoms with Crippen LogP contribution in [0.15, 0.2) is 71.5 Å². The van der Waals surface area contributed by atoms with Crippen molar-refractivity contribution in [3.8, 4) is 11.5 Å². The van der Waals surface area contributed by atoms with Crippen molar-refractivity contribution in [1.29, 1.82) is 0 Å². The van der Waals surface area contributed by atoms with Gasteiger partial charge in [0.25, 0.3) is 0 Å². The number of fused-ring (bicyclic) bond motifs is 3. The fourth-order valence-corrected chi connectivity index (χ4v) is 6.96. The van der Waals surface area contributed by atoms with Crippen molar-refractivity contribution in [3.05, 3.63) is 88.2 Å². The van der Waals surface area contributed by atoms with E-state index in [1.54, 1.807) is 19.5 Å². The van der Waals surface area contributed by atoms with Gasteiger partial charge >= 0.3 is 0 Å². The van der Waals surface area contributed by atoms with Crippen LogP contribution in [-0.2, 0) is 11.2 Å². The molecule has 2 aromatic carbocycles. The first-order valence-corrected chi connectivity index (χ1v) is 12.9. The third kappa shape index (κ3) is 3.22. The summed E-state index contributed by atoms with van der Waals surface area (Å²) >= 11 is 3.54. The predicted molar refractivity (Wildman–Crippen MR) is 135 cm³/mol. The lowest BCUT2D eigenvalue weighted by Crippen LogP contribution is -2.52. The van der Waals surface area contributed by atoms with Gasteiger partial charge in [-0.05, 0) is 49.2 Å². The lowest BCUT2D eigenvalue weighted by molar-refractivity contribution is -0.152. The summed E-state index contributed by atoms with van der Waals surface area (Å²) in [5.74, 6) is 0.267. The Morgan fingerprint density at radius 3 is 2.49 bits per heavy atom. The molecule has 0 bridgehead atoms. The molecule has 1 unspecified atom stereocenters. The second kappa shape index (κ2) is 8.59. The minimum atomic E-state index is -1.74. The molecule has 1 saturated carbocycles. The Kier molecular flexibility index (Phi) is 5.64. The van der Waals surface area contributed by atoms with E-state index in [1.165, 1.54) is 0 Å². The Labute approximate surface area is 213 Å². The SMILES string of the molecule is COc1cncc2c1[C@]1(O)[C@H](O)[C@H](CN3CCCC3)C(c3ccccc3)[C@]1(c1ccc(Br)cc1)O2. The largest absolute Gasteiger partial charge is 0.495 e. The second-order valence-electron chi connectivity index (χ2n) is 9.83. The van der Waals surface area contributed by atoms with Crippen LogP contribution in [-0.4, -0.2) is 52.9 Å². The minimum absolute atomic E-state index is 0.268. The van der Waals surface area contributed by atoms with Crippen molar-refractivity contribution >= 4 is 15.9 Å². The number of nitrogens with zero attached hydrogens (tertiary/aromatic N) is 2. The van der Waals surface area contributed by atoms with E-state index in [4.69, 9.17) is 9.47 Å². The Morgan fingerprint density at radius 1 is 1.09 bits per heavy atom. The highest BCUT2D eigenvalue weighted by atomic mass is 79.9. The molecule has 6 nitrogen and oxygen atoms in total. The molecule has 1 aromatic heterocycles. The third-order valence-corrected chi connectivity index (χ3v) is 8.64. The summed E-state index contributed by atoms with van der Waals surface area (Å²) in [6, 6.07) is 18.0. The van der Waals surface area contributed by atoms with E-state index in [9.17, 15) is 10.2 Å². The van der Waals surface area contributed by atoms with Gasteiger partial charge in [0.1, 0.15) is 11.5 Å². The van der Waals surface area contributed by atoms with Gasteiger partial charge in [0.05, 0.1) is 31.2 Å². The molecule has 2 N–H and O–H groups in total. The highest BCUT2D eigenvalue weighted by molar-refractivity contribution is 9.10. The molecule has 3 aromatic rings. The number of rotatable bonds is 5. The maximum Gasteiger partial charge on any atom is 0.177 e. The Morgan fingerprint density at radius 2 is 1.80 bits per heavy atom. The van der Waals surface area contributed by atoms with Crippen LogP contribution < -0.4 is 9.47 Å². The van der Waals surface area contributed by atoms with Crippen molar-refractivity contribution in [2.24, 2.45) is 5.92 Å². The first-order chi connectivity index (χ1) is 17.0. The predicted octanol–water partition coefficient (Wildman–Crippen LogP) is 4.20. The third-order valence-electron chi connectivity index (χ3n) is 8.11. The standard InChI is InChI=1S/C28H29BrN2O4/c1-34-22-15-30-16-23-25(22)27(33)26(32)21(17-31-13-5-6-14-31)24(18-7-3-2-4-8-18)28(27,35-23)19-9-11-20(29)12-10-19/h2-4,7-12,15-16,21,24,26,32-33H,5-6,13-14,17H2,1H3/t21-,24?,26-,27+,28+/m1/s1. The lowest BCUT2D eigenvalue weighted by Gasteiger charge is -2.41. The molecule has 7 heteroatoms. The van der Waals surface area contributed by atoms with E-state index < -0.39 is 17.3 Å². The number of hydrogen-bond acceptors (Lipinski definition) is 6. The number of pyridine rings is 1. The number of halogens is 1. The van der Waals surface area contributed by atoms with Gasteiger partial charge < -0.3 is 24.6 Å². The maximum atomic E-state index is 12.8.